The third kappa shape index (κ3) is 6.48. The summed E-state index contributed by atoms with van der Waals surface area (Å²) in [5.41, 5.74) is 0. The molecule has 0 aromatic rings. The topological polar surface area (TPSA) is 105 Å². The number of rotatable bonds is 7. The normalized spacial score (nSPS) is 32.7. The molecule has 0 aromatic heterocycles. The van der Waals surface area contributed by atoms with Gasteiger partial charge in [0.15, 0.2) is 0 Å². The second-order valence-corrected chi connectivity index (χ2v) is 9.92. The van der Waals surface area contributed by atoms with E-state index in [-0.39, 0.29) is 24.0 Å². The van der Waals surface area contributed by atoms with Gasteiger partial charge in [-0.2, -0.15) is 0 Å². The lowest BCUT2D eigenvalue weighted by Crippen LogP contribution is -2.31. The van der Waals surface area contributed by atoms with Crippen molar-refractivity contribution in [2.24, 2.45) is 11.8 Å². The highest BCUT2D eigenvalue weighted by atomic mass is 32.5. The molecule has 1 fully saturated rings. The molecule has 130 valence electrons. The largest absolute Gasteiger partial charge is 0.378 e. The van der Waals surface area contributed by atoms with E-state index >= 15 is 0 Å². The second kappa shape index (κ2) is 7.97. The highest BCUT2D eigenvalue weighted by Gasteiger charge is 2.44. The molecule has 1 aliphatic rings. The summed E-state index contributed by atoms with van der Waals surface area (Å²) in [5.74, 6) is 0.622. The van der Waals surface area contributed by atoms with Crippen molar-refractivity contribution in [2.75, 3.05) is 7.11 Å². The Kier molecular flexibility index (Phi) is 7.40. The van der Waals surface area contributed by atoms with E-state index in [1.807, 2.05) is 6.92 Å². The van der Waals surface area contributed by atoms with Crippen molar-refractivity contribution in [1.82, 2.24) is 0 Å². The summed E-state index contributed by atoms with van der Waals surface area (Å²) in [6.07, 6.45) is 0.774. The average Bonchev–Trinajstić information content (AvgIpc) is 2.59. The van der Waals surface area contributed by atoms with Crippen LogP contribution in [-0.4, -0.2) is 40.1 Å². The number of hydrogen-bond donors (Lipinski definition) is 3. The Labute approximate surface area is 136 Å². The molecule has 0 amide bonds. The van der Waals surface area contributed by atoms with Gasteiger partial charge in [0.05, 0.1) is 18.3 Å². The molecule has 0 aromatic carbocycles. The predicted molar refractivity (Wildman–Crippen MR) is 86.8 cm³/mol. The smallest absolute Gasteiger partial charge is 0.348 e. The van der Waals surface area contributed by atoms with E-state index in [0.29, 0.717) is 6.42 Å². The number of hydrogen-bond acceptors (Lipinski definition) is 5. The van der Waals surface area contributed by atoms with Crippen LogP contribution >= 0.6 is 14.3 Å². The first-order valence-electron chi connectivity index (χ1n) is 6.92. The maximum atomic E-state index is 11.0. The Balaban J connectivity index is 2.95. The summed E-state index contributed by atoms with van der Waals surface area (Å²) in [6, 6.07) is 0. The fraction of sp³-hybridized carbons (Fsp3) is 0.833. The lowest BCUT2D eigenvalue weighted by atomic mass is 10.1. The maximum Gasteiger partial charge on any atom is 0.348 e. The molecule has 1 aliphatic carbocycles. The zero-order chi connectivity index (χ0) is 17.1. The van der Waals surface area contributed by atoms with E-state index in [1.165, 1.54) is 13.2 Å². The van der Waals surface area contributed by atoms with Gasteiger partial charge in [-0.3, -0.25) is 4.57 Å². The van der Waals surface area contributed by atoms with Crippen LogP contribution in [0, 0.1) is 11.8 Å². The predicted octanol–water partition coefficient (Wildman–Crippen LogP) is 2.38. The Morgan fingerprint density at radius 2 is 1.86 bits per heavy atom. The number of ether oxygens (including phenoxy) is 1. The molecular formula is C12H24O7P2S. The van der Waals surface area contributed by atoms with Gasteiger partial charge in [-0.15, -0.1) is 0 Å². The lowest BCUT2D eigenvalue weighted by Gasteiger charge is -2.28. The van der Waals surface area contributed by atoms with Crippen LogP contribution in [0.3, 0.4) is 0 Å². The Morgan fingerprint density at radius 1 is 1.27 bits per heavy atom. The first-order chi connectivity index (χ1) is 9.95. The van der Waals surface area contributed by atoms with Crippen LogP contribution in [0.2, 0.25) is 0 Å². The van der Waals surface area contributed by atoms with Crippen molar-refractivity contribution in [3.8, 4) is 0 Å². The number of methoxy groups -OCH3 is 1. The molecule has 0 heterocycles. The summed E-state index contributed by atoms with van der Waals surface area (Å²) >= 11 is 5.00. The average molecular weight is 374 g/mol. The van der Waals surface area contributed by atoms with Crippen LogP contribution in [0.1, 0.15) is 27.2 Å². The van der Waals surface area contributed by atoms with Gasteiger partial charge in [0.1, 0.15) is 0 Å². The molecule has 5 atom stereocenters. The maximum absolute atomic E-state index is 11.0. The van der Waals surface area contributed by atoms with Crippen molar-refractivity contribution in [3.05, 3.63) is 11.9 Å². The third-order valence-electron chi connectivity index (χ3n) is 3.35. The summed E-state index contributed by atoms with van der Waals surface area (Å²) in [6.45, 7) is 1.96. The van der Waals surface area contributed by atoms with Gasteiger partial charge in [-0.1, -0.05) is 13.0 Å². The van der Waals surface area contributed by atoms with Gasteiger partial charge in [0.2, 0.25) is 0 Å². The van der Waals surface area contributed by atoms with Crippen LogP contribution in [0.25, 0.3) is 0 Å². The van der Waals surface area contributed by atoms with E-state index in [4.69, 9.17) is 35.4 Å². The zero-order valence-corrected chi connectivity index (χ0v) is 15.6. The van der Waals surface area contributed by atoms with Crippen LogP contribution in [0.15, 0.2) is 11.9 Å². The monoisotopic (exact) mass is 374 g/mol. The zero-order valence-electron chi connectivity index (χ0n) is 13.0. The van der Waals surface area contributed by atoms with Gasteiger partial charge in [0, 0.05) is 18.8 Å². The molecular weight excluding hydrogens is 350 g/mol. The van der Waals surface area contributed by atoms with Gasteiger partial charge >= 0.3 is 14.3 Å². The first kappa shape index (κ1) is 20.4. The van der Waals surface area contributed by atoms with Crippen molar-refractivity contribution in [3.63, 3.8) is 0 Å². The molecule has 0 spiro atoms. The van der Waals surface area contributed by atoms with E-state index < -0.39 is 20.4 Å². The van der Waals surface area contributed by atoms with Crippen molar-refractivity contribution in [1.29, 1.82) is 0 Å². The first-order valence-corrected chi connectivity index (χ1v) is 11.2. The molecule has 22 heavy (non-hydrogen) atoms. The highest BCUT2D eigenvalue weighted by molar-refractivity contribution is 8.07. The molecule has 3 N–H and O–H groups in total. The molecule has 2 unspecified atom stereocenters. The van der Waals surface area contributed by atoms with Crippen molar-refractivity contribution < 1.29 is 33.0 Å². The summed E-state index contributed by atoms with van der Waals surface area (Å²) in [7, 11) is -2.73. The molecule has 1 saturated carbocycles. The Bertz CT molecular complexity index is 490. The molecule has 0 bridgehead atoms. The van der Waals surface area contributed by atoms with Gasteiger partial charge in [-0.25, -0.2) is 0 Å². The van der Waals surface area contributed by atoms with E-state index in [1.54, 1.807) is 13.8 Å². The highest BCUT2D eigenvalue weighted by Crippen LogP contribution is 2.51. The summed E-state index contributed by atoms with van der Waals surface area (Å²) < 4.78 is 27.2. The lowest BCUT2D eigenvalue weighted by molar-refractivity contribution is -0.0150. The minimum Gasteiger partial charge on any atom is -0.378 e. The van der Waals surface area contributed by atoms with Gasteiger partial charge in [-0.05, 0) is 38.0 Å². The van der Waals surface area contributed by atoms with Gasteiger partial charge in [0.25, 0.3) is 0 Å². The Morgan fingerprint density at radius 3 is 2.32 bits per heavy atom. The SMILES string of the molecule is CO[C@H]1C(C)C[C@H](/C=C/P(=O)(O)O)[C@H]1OP(O)(=S)OC(C)C. The molecule has 7 nitrogen and oxygen atoms in total. The standard InChI is InChI=1S/C12H24O7P2S/c1-8(2)18-21(16,22)19-12-10(5-6-20(13,14)15)7-9(3)11(12)17-4/h5-6,8-12H,7H2,1-4H3,(H,16,22)(H2,13,14,15)/b6-5+/t9?,10-,11-,12+,21?/m0/s1. The fourth-order valence-corrected chi connectivity index (χ4v) is 5.05. The van der Waals surface area contributed by atoms with Crippen LogP contribution in [0.4, 0.5) is 0 Å². The van der Waals surface area contributed by atoms with Gasteiger partial charge < -0.3 is 28.5 Å². The van der Waals surface area contributed by atoms with Crippen LogP contribution in [-0.2, 0) is 30.2 Å². The molecule has 10 heteroatoms. The fourth-order valence-electron chi connectivity index (χ4n) is 2.63. The van der Waals surface area contributed by atoms with Crippen molar-refractivity contribution >= 4 is 26.1 Å². The van der Waals surface area contributed by atoms with Crippen molar-refractivity contribution in [2.45, 2.75) is 45.5 Å². The minimum atomic E-state index is -4.25. The van der Waals surface area contributed by atoms with E-state index in [0.717, 1.165) is 5.82 Å². The summed E-state index contributed by atoms with van der Waals surface area (Å²) in [4.78, 5) is 28.1. The molecule has 1 rings (SSSR count). The van der Waals surface area contributed by atoms with E-state index in [9.17, 15) is 9.46 Å². The second-order valence-electron chi connectivity index (χ2n) is 5.70. The third-order valence-corrected chi connectivity index (χ3v) is 5.62. The quantitative estimate of drug-likeness (QED) is 0.584. The molecule has 0 radical (unpaired) electrons. The van der Waals surface area contributed by atoms with E-state index in [2.05, 4.69) is 0 Å². The molecule has 0 saturated heterocycles. The molecule has 0 aliphatic heterocycles. The minimum absolute atomic E-state index is 0.0930. The van der Waals surface area contributed by atoms with Crippen LogP contribution in [0.5, 0.6) is 0 Å². The summed E-state index contributed by atoms with van der Waals surface area (Å²) in [5, 5.41) is 0. The van der Waals surface area contributed by atoms with Crippen LogP contribution < -0.4 is 0 Å². The Hall–Kier alpha value is 0.380.